The molecule has 5 aliphatic rings. The van der Waals surface area contributed by atoms with Gasteiger partial charge in [-0.2, -0.15) is 0 Å². The van der Waals surface area contributed by atoms with E-state index in [2.05, 4.69) is 154 Å². The molecule has 55 heavy (non-hydrogen) atoms. The summed E-state index contributed by atoms with van der Waals surface area (Å²) in [5.41, 5.74) is 20.6. The SMILES string of the molecule is c1ccc2c(c1)Sc1cccc3c1N2c1cc2c4c5c1B3c1cc3c6ccccc6sc3c3c6cccc(c6n-5c13)B4c1cccc3c4ccccc4n-2c13. The van der Waals surface area contributed by atoms with Crippen molar-refractivity contribution in [3.8, 4) is 11.4 Å². The molecular formula is C48H23B2N3S2. The fourth-order valence-electron chi connectivity index (χ4n) is 11.8. The molecule has 0 amide bonds. The van der Waals surface area contributed by atoms with Crippen molar-refractivity contribution in [2.24, 2.45) is 0 Å². The second-order valence-electron chi connectivity index (χ2n) is 15.9. The van der Waals surface area contributed by atoms with Gasteiger partial charge in [0.1, 0.15) is 0 Å². The van der Waals surface area contributed by atoms with E-state index in [9.17, 15) is 0 Å². The van der Waals surface area contributed by atoms with Gasteiger partial charge in [-0.15, -0.1) is 11.3 Å². The van der Waals surface area contributed by atoms with Crippen molar-refractivity contribution in [1.82, 2.24) is 9.13 Å². The number of hydrogen-bond donors (Lipinski definition) is 0. The van der Waals surface area contributed by atoms with E-state index in [4.69, 9.17) is 0 Å². The Labute approximate surface area is 323 Å². The first-order valence-corrected chi connectivity index (χ1v) is 20.8. The van der Waals surface area contributed by atoms with Gasteiger partial charge in [0, 0.05) is 79.6 Å². The molecule has 3 aromatic heterocycles. The minimum Gasteiger partial charge on any atom is -0.311 e. The van der Waals surface area contributed by atoms with Crippen molar-refractivity contribution in [3.05, 3.63) is 140 Å². The summed E-state index contributed by atoms with van der Waals surface area (Å²) in [7, 11) is 0. The fraction of sp³-hybridized carbons (Fsp3) is 0. The van der Waals surface area contributed by atoms with Crippen LogP contribution in [0.15, 0.2) is 149 Å². The number of fused-ring (bicyclic) bond motifs is 16. The first kappa shape index (κ1) is 27.4. The largest absolute Gasteiger partial charge is 0.311 e. The summed E-state index contributed by atoms with van der Waals surface area (Å²) in [6.45, 7) is 0.212. The Morgan fingerprint density at radius 3 is 2.05 bits per heavy atom. The average molecular weight is 727 g/mol. The molecule has 8 aromatic carbocycles. The molecule has 8 heterocycles. The molecule has 0 fully saturated rings. The summed E-state index contributed by atoms with van der Waals surface area (Å²) in [5, 5.41) is 8.20. The zero-order chi connectivity index (χ0) is 35.0. The Morgan fingerprint density at radius 2 is 1.13 bits per heavy atom. The topological polar surface area (TPSA) is 13.1 Å². The lowest BCUT2D eigenvalue weighted by atomic mass is 9.30. The third-order valence-corrected chi connectivity index (χ3v) is 15.9. The van der Waals surface area contributed by atoms with Crippen molar-refractivity contribution in [2.45, 2.75) is 9.79 Å². The van der Waals surface area contributed by atoms with Gasteiger partial charge in [-0.25, -0.2) is 0 Å². The van der Waals surface area contributed by atoms with Crippen molar-refractivity contribution < 1.29 is 0 Å². The lowest BCUT2D eigenvalue weighted by Crippen LogP contribution is -2.67. The van der Waals surface area contributed by atoms with Crippen LogP contribution in [-0.4, -0.2) is 22.6 Å². The quantitative estimate of drug-likeness (QED) is 0.146. The monoisotopic (exact) mass is 727 g/mol. The van der Waals surface area contributed by atoms with Gasteiger partial charge < -0.3 is 14.0 Å². The maximum atomic E-state index is 2.75. The van der Waals surface area contributed by atoms with Crippen molar-refractivity contribution in [1.29, 1.82) is 0 Å². The van der Waals surface area contributed by atoms with Crippen LogP contribution >= 0.6 is 23.1 Å². The van der Waals surface area contributed by atoms with Gasteiger partial charge in [0.15, 0.2) is 0 Å². The molecule has 0 aliphatic carbocycles. The molecule has 0 bridgehead atoms. The van der Waals surface area contributed by atoms with E-state index in [0.717, 1.165) is 0 Å². The molecule has 248 valence electrons. The Kier molecular flexibility index (Phi) is 4.43. The second-order valence-corrected chi connectivity index (χ2v) is 18.0. The van der Waals surface area contributed by atoms with Gasteiger partial charge in [-0.05, 0) is 69.2 Å². The molecule has 0 saturated heterocycles. The predicted octanol–water partition coefficient (Wildman–Crippen LogP) is 8.47. The first-order valence-electron chi connectivity index (χ1n) is 19.2. The minimum atomic E-state index is 0.0931. The number of hydrogen-bond acceptors (Lipinski definition) is 3. The first-order chi connectivity index (χ1) is 27.3. The summed E-state index contributed by atoms with van der Waals surface area (Å²) in [5.74, 6) is 0. The summed E-state index contributed by atoms with van der Waals surface area (Å²) < 4.78 is 8.14. The third-order valence-electron chi connectivity index (χ3n) is 13.6. The molecule has 0 N–H and O–H groups in total. The van der Waals surface area contributed by atoms with E-state index >= 15 is 0 Å². The number of rotatable bonds is 0. The van der Waals surface area contributed by atoms with Gasteiger partial charge in [-0.3, -0.25) is 0 Å². The Balaban J connectivity index is 1.21. The number of anilines is 3. The Bertz CT molecular complexity index is 3740. The lowest BCUT2D eigenvalue weighted by molar-refractivity contribution is 1.12. The van der Waals surface area contributed by atoms with Crippen molar-refractivity contribution >= 4 is 150 Å². The smallest absolute Gasteiger partial charge is 0.252 e. The number of benzene rings is 8. The molecule has 0 radical (unpaired) electrons. The second kappa shape index (κ2) is 8.87. The fourth-order valence-corrected chi connectivity index (χ4v) is 14.2. The van der Waals surface area contributed by atoms with Crippen LogP contribution < -0.4 is 37.7 Å². The van der Waals surface area contributed by atoms with Crippen molar-refractivity contribution in [2.75, 3.05) is 4.90 Å². The summed E-state index contributed by atoms with van der Waals surface area (Å²) in [6, 6.07) is 53.7. The summed E-state index contributed by atoms with van der Waals surface area (Å²) in [6.07, 6.45) is 0. The number of aromatic nitrogens is 2. The van der Waals surface area contributed by atoms with Crippen molar-refractivity contribution in [3.63, 3.8) is 0 Å². The standard InChI is InChI=1S/C48H23B2N3S2/c1-3-17-33-24(10-1)26-12-7-14-29-43(26)51(33)35-23-36-42-47-41(35)49(29)30-15-8-13-27-40-46(53(47)44(27)30)32(22-28-25-11-2-5-19-37(25)55-48(28)40)50(42)31-16-9-21-39-45(31)52(36)34-18-4-6-20-38(34)54-39/h1-23H. The van der Waals surface area contributed by atoms with Crippen LogP contribution in [0.3, 0.4) is 0 Å². The van der Waals surface area contributed by atoms with E-state index in [0.29, 0.717) is 0 Å². The van der Waals surface area contributed by atoms with Gasteiger partial charge in [0.2, 0.25) is 0 Å². The number of thiophene rings is 1. The zero-order valence-electron chi connectivity index (χ0n) is 29.1. The molecule has 3 nitrogen and oxygen atoms in total. The molecule has 0 atom stereocenters. The number of para-hydroxylation sites is 5. The highest BCUT2D eigenvalue weighted by molar-refractivity contribution is 7.99. The molecule has 11 aromatic rings. The van der Waals surface area contributed by atoms with Gasteiger partial charge in [-0.1, -0.05) is 115 Å². The molecule has 0 saturated carbocycles. The highest BCUT2D eigenvalue weighted by Gasteiger charge is 2.50. The summed E-state index contributed by atoms with van der Waals surface area (Å²) >= 11 is 3.89. The van der Waals surface area contributed by atoms with Gasteiger partial charge in [0.25, 0.3) is 13.4 Å². The van der Waals surface area contributed by atoms with Crippen LogP contribution in [0.2, 0.25) is 0 Å². The van der Waals surface area contributed by atoms with Crippen LogP contribution in [0.4, 0.5) is 17.1 Å². The molecule has 16 rings (SSSR count). The highest BCUT2D eigenvalue weighted by Crippen LogP contribution is 2.54. The van der Waals surface area contributed by atoms with E-state index in [1.54, 1.807) is 0 Å². The van der Waals surface area contributed by atoms with Gasteiger partial charge >= 0.3 is 0 Å². The van der Waals surface area contributed by atoms with Crippen LogP contribution in [0.25, 0.3) is 75.2 Å². The molecule has 0 spiro atoms. The number of nitrogens with zero attached hydrogens (tertiary/aromatic N) is 3. The lowest BCUT2D eigenvalue weighted by Gasteiger charge is -2.46. The Hall–Kier alpha value is -6.14. The highest BCUT2D eigenvalue weighted by atomic mass is 32.2. The third kappa shape index (κ3) is 2.82. The molecule has 7 heteroatoms. The van der Waals surface area contributed by atoms with Crippen LogP contribution in [0.5, 0.6) is 0 Å². The molecule has 5 aliphatic heterocycles. The minimum absolute atomic E-state index is 0.0931. The van der Waals surface area contributed by atoms with E-state index in [1.807, 2.05) is 23.1 Å². The van der Waals surface area contributed by atoms with E-state index in [1.165, 1.54) is 135 Å². The predicted molar refractivity (Wildman–Crippen MR) is 236 cm³/mol. The molecular weight excluding hydrogens is 704 g/mol. The van der Waals surface area contributed by atoms with Gasteiger partial charge in [0.05, 0.1) is 22.4 Å². The molecule has 0 unspecified atom stereocenters. The zero-order valence-corrected chi connectivity index (χ0v) is 30.7. The average Bonchev–Trinajstić information content (AvgIpc) is 3.90. The van der Waals surface area contributed by atoms with Crippen LogP contribution in [-0.2, 0) is 0 Å². The van der Waals surface area contributed by atoms with E-state index < -0.39 is 0 Å². The van der Waals surface area contributed by atoms with Crippen LogP contribution in [0.1, 0.15) is 0 Å². The van der Waals surface area contributed by atoms with Crippen LogP contribution in [0, 0.1) is 0 Å². The Morgan fingerprint density at radius 1 is 0.436 bits per heavy atom. The maximum Gasteiger partial charge on any atom is 0.252 e. The van der Waals surface area contributed by atoms with E-state index in [-0.39, 0.29) is 13.4 Å². The maximum absolute atomic E-state index is 2.75. The normalized spacial score (nSPS) is 14.7. The summed E-state index contributed by atoms with van der Waals surface area (Å²) in [4.78, 5) is 5.27.